The van der Waals surface area contributed by atoms with Crippen LogP contribution in [-0.4, -0.2) is 23.4 Å². The second kappa shape index (κ2) is 5.25. The molecule has 0 saturated heterocycles. The monoisotopic (exact) mass is 266 g/mol. The predicted octanol–water partition coefficient (Wildman–Crippen LogP) is 2.32. The van der Waals surface area contributed by atoms with Crippen LogP contribution in [0.15, 0.2) is 12.3 Å². The van der Waals surface area contributed by atoms with Crippen LogP contribution in [-0.2, 0) is 0 Å². The molecule has 1 aliphatic rings. The molecule has 104 valence electrons. The number of carbonyl (C=O) groups is 1. The van der Waals surface area contributed by atoms with Gasteiger partial charge in [-0.05, 0) is 25.8 Å². The highest BCUT2D eigenvalue weighted by Gasteiger charge is 2.44. The van der Waals surface area contributed by atoms with Crippen molar-refractivity contribution in [3.63, 3.8) is 0 Å². The number of halogens is 1. The molecule has 0 aliphatic heterocycles. The first-order valence-corrected chi connectivity index (χ1v) is 6.58. The fourth-order valence-corrected chi connectivity index (χ4v) is 2.62. The molecule has 1 saturated carbocycles. The Morgan fingerprint density at radius 2 is 2.42 bits per heavy atom. The number of hydrogen-bond donors (Lipinski definition) is 1. The normalized spacial score (nSPS) is 26.4. The van der Waals surface area contributed by atoms with Gasteiger partial charge in [-0.1, -0.05) is 13.3 Å². The average Bonchev–Trinajstić information content (AvgIpc) is 2.73. The van der Waals surface area contributed by atoms with E-state index < -0.39 is 11.2 Å². The summed E-state index contributed by atoms with van der Waals surface area (Å²) in [7, 11) is 0. The summed E-state index contributed by atoms with van der Waals surface area (Å²) in [5, 5.41) is 0. The van der Waals surface area contributed by atoms with Crippen LogP contribution in [0.4, 0.5) is 4.39 Å². The third kappa shape index (κ3) is 2.34. The maximum Gasteiger partial charge on any atom is 0.251 e. The Balaban J connectivity index is 2.36. The van der Waals surface area contributed by atoms with E-state index in [1.54, 1.807) is 6.92 Å². The summed E-state index contributed by atoms with van der Waals surface area (Å²) in [4.78, 5) is 16.4. The minimum absolute atomic E-state index is 0.0262. The molecule has 4 nitrogen and oxygen atoms in total. The highest BCUT2D eigenvalue weighted by atomic mass is 19.1. The Bertz CT molecular complexity index is 492. The number of ketones is 1. The first kappa shape index (κ1) is 13.9. The van der Waals surface area contributed by atoms with Crippen LogP contribution >= 0.6 is 0 Å². The zero-order chi connectivity index (χ0) is 14.0. The predicted molar refractivity (Wildman–Crippen MR) is 69.6 cm³/mol. The van der Waals surface area contributed by atoms with Gasteiger partial charge in [-0.3, -0.25) is 4.79 Å². The smallest absolute Gasteiger partial charge is 0.251 e. The Hall–Kier alpha value is -1.49. The lowest BCUT2D eigenvalue weighted by Crippen LogP contribution is -2.41. The van der Waals surface area contributed by atoms with Crippen LogP contribution in [0.5, 0.6) is 5.88 Å². The van der Waals surface area contributed by atoms with Crippen molar-refractivity contribution in [3.8, 4) is 5.88 Å². The quantitative estimate of drug-likeness (QED) is 0.849. The molecule has 2 N–H and O–H groups in total. The molecule has 0 radical (unpaired) electrons. The van der Waals surface area contributed by atoms with Crippen LogP contribution in [0.2, 0.25) is 0 Å². The minimum atomic E-state index is -0.689. The zero-order valence-electron chi connectivity index (χ0n) is 11.3. The lowest BCUT2D eigenvalue weighted by atomic mass is 9.78. The molecule has 2 unspecified atom stereocenters. The van der Waals surface area contributed by atoms with Crippen LogP contribution in [0, 0.1) is 11.2 Å². The first-order valence-electron chi connectivity index (χ1n) is 6.58. The maximum atomic E-state index is 14.2. The number of rotatable bonds is 4. The molecule has 5 heteroatoms. The first-order chi connectivity index (χ1) is 9.00. The lowest BCUT2D eigenvalue weighted by molar-refractivity contribution is 0.0796. The van der Waals surface area contributed by atoms with Crippen LogP contribution in [0.3, 0.4) is 0 Å². The van der Waals surface area contributed by atoms with Gasteiger partial charge in [0, 0.05) is 17.7 Å². The Kier molecular flexibility index (Phi) is 3.85. The van der Waals surface area contributed by atoms with E-state index in [2.05, 4.69) is 4.98 Å². The number of hydrogen-bond acceptors (Lipinski definition) is 4. The van der Waals surface area contributed by atoms with E-state index in [0.29, 0.717) is 13.0 Å². The van der Waals surface area contributed by atoms with Crippen molar-refractivity contribution in [1.82, 2.24) is 4.98 Å². The lowest BCUT2D eigenvalue weighted by Gasteiger charge is -2.27. The van der Waals surface area contributed by atoms with E-state index in [0.717, 1.165) is 12.8 Å². The van der Waals surface area contributed by atoms with Crippen LogP contribution < -0.4 is 10.5 Å². The van der Waals surface area contributed by atoms with Crippen molar-refractivity contribution in [3.05, 3.63) is 23.6 Å². The molecule has 0 spiro atoms. The molecule has 19 heavy (non-hydrogen) atoms. The summed E-state index contributed by atoms with van der Waals surface area (Å²) in [6, 6.07) is 1.18. The maximum absolute atomic E-state index is 14.2. The third-order valence-corrected chi connectivity index (χ3v) is 3.93. The molecule has 2 rings (SSSR count). The molecule has 0 aromatic carbocycles. The highest BCUT2D eigenvalue weighted by molar-refractivity contribution is 6.01. The fraction of sp³-hybridized carbons (Fsp3) is 0.571. The zero-order valence-corrected chi connectivity index (χ0v) is 11.3. The molecular formula is C14H19FN2O2. The van der Waals surface area contributed by atoms with Gasteiger partial charge in [-0.25, -0.2) is 9.37 Å². The van der Waals surface area contributed by atoms with Crippen LogP contribution in [0.1, 0.15) is 43.5 Å². The number of pyridine rings is 1. The molecule has 1 aromatic rings. The minimum Gasteiger partial charge on any atom is -0.476 e. The Labute approximate surface area is 112 Å². The summed E-state index contributed by atoms with van der Waals surface area (Å²) in [5.41, 5.74) is 5.35. The second-order valence-corrected chi connectivity index (χ2v) is 5.16. The number of ether oxygens (including phenoxy) is 1. The number of nitrogens with zero attached hydrogens (tertiary/aromatic N) is 1. The molecule has 1 heterocycles. The molecule has 1 aliphatic carbocycles. The van der Waals surface area contributed by atoms with E-state index in [9.17, 15) is 9.18 Å². The van der Waals surface area contributed by atoms with E-state index in [4.69, 9.17) is 10.5 Å². The van der Waals surface area contributed by atoms with Crippen molar-refractivity contribution < 1.29 is 13.9 Å². The molecule has 2 atom stereocenters. The summed E-state index contributed by atoms with van der Waals surface area (Å²) < 4.78 is 19.3. The highest BCUT2D eigenvalue weighted by Crippen LogP contribution is 2.40. The number of aromatic nitrogens is 1. The van der Waals surface area contributed by atoms with Gasteiger partial charge < -0.3 is 10.5 Å². The van der Waals surface area contributed by atoms with E-state index in [1.807, 2.05) is 6.92 Å². The van der Waals surface area contributed by atoms with Gasteiger partial charge in [0.15, 0.2) is 11.6 Å². The average molecular weight is 266 g/mol. The Morgan fingerprint density at radius 3 is 3.00 bits per heavy atom. The summed E-state index contributed by atoms with van der Waals surface area (Å²) in [5.74, 6) is -1.06. The molecule has 0 amide bonds. The summed E-state index contributed by atoms with van der Waals surface area (Å²) >= 11 is 0. The van der Waals surface area contributed by atoms with Crippen LogP contribution in [0.25, 0.3) is 0 Å². The van der Waals surface area contributed by atoms with Gasteiger partial charge in [-0.15, -0.1) is 0 Å². The summed E-state index contributed by atoms with van der Waals surface area (Å²) in [6.07, 6.45) is 3.78. The number of nitrogens with two attached hydrogens (primary N) is 1. The van der Waals surface area contributed by atoms with Crippen molar-refractivity contribution in [2.24, 2.45) is 11.1 Å². The summed E-state index contributed by atoms with van der Waals surface area (Å²) in [6.45, 7) is 3.86. The van der Waals surface area contributed by atoms with E-state index >= 15 is 0 Å². The SMILES string of the molecule is CCOc1nccc(C(=O)C2(C)CCCC2N)c1F. The van der Waals surface area contributed by atoms with Gasteiger partial charge in [0.25, 0.3) is 5.88 Å². The third-order valence-electron chi connectivity index (χ3n) is 3.93. The topological polar surface area (TPSA) is 65.2 Å². The fourth-order valence-electron chi connectivity index (χ4n) is 2.62. The largest absolute Gasteiger partial charge is 0.476 e. The molecule has 1 fully saturated rings. The standard InChI is InChI=1S/C14H19FN2O2/c1-3-19-13-11(15)9(6-8-17-13)12(18)14(2)7-4-5-10(14)16/h6,8,10H,3-5,7,16H2,1-2H3. The van der Waals surface area contributed by atoms with E-state index in [-0.39, 0.29) is 23.3 Å². The van der Waals surface area contributed by atoms with Crippen molar-refractivity contribution in [2.75, 3.05) is 6.61 Å². The molecule has 1 aromatic heterocycles. The van der Waals surface area contributed by atoms with Crippen molar-refractivity contribution in [2.45, 2.75) is 39.2 Å². The van der Waals surface area contributed by atoms with Gasteiger partial charge >= 0.3 is 0 Å². The molecular weight excluding hydrogens is 247 g/mol. The molecule has 0 bridgehead atoms. The van der Waals surface area contributed by atoms with Crippen molar-refractivity contribution >= 4 is 5.78 Å². The number of Topliss-reactive ketones (excluding diaryl/α,β-unsaturated/α-hetero) is 1. The van der Waals surface area contributed by atoms with Gasteiger partial charge in [0.2, 0.25) is 0 Å². The van der Waals surface area contributed by atoms with Gasteiger partial charge in [-0.2, -0.15) is 0 Å². The van der Waals surface area contributed by atoms with Crippen molar-refractivity contribution in [1.29, 1.82) is 0 Å². The second-order valence-electron chi connectivity index (χ2n) is 5.16. The van der Waals surface area contributed by atoms with Gasteiger partial charge in [0.05, 0.1) is 12.2 Å². The van der Waals surface area contributed by atoms with Gasteiger partial charge in [0.1, 0.15) is 0 Å². The number of carbonyl (C=O) groups excluding carboxylic acids is 1. The van der Waals surface area contributed by atoms with E-state index in [1.165, 1.54) is 12.3 Å². The Morgan fingerprint density at radius 1 is 1.68 bits per heavy atom.